The molecule has 1 aromatic rings. The molecule has 2 atom stereocenters. The Morgan fingerprint density at radius 2 is 1.89 bits per heavy atom. The van der Waals surface area contributed by atoms with Crippen molar-refractivity contribution in [1.82, 2.24) is 10.2 Å². The van der Waals surface area contributed by atoms with Gasteiger partial charge in [-0.25, -0.2) is 0 Å². The number of anilines is 2. The van der Waals surface area contributed by atoms with Crippen LogP contribution in [0.3, 0.4) is 0 Å². The number of fused-ring (bicyclic) bond motifs is 1. The summed E-state index contributed by atoms with van der Waals surface area (Å²) < 4.78 is 0. The second kappa shape index (κ2) is 11.8. The normalized spacial score (nSPS) is 18.7. The Morgan fingerprint density at radius 1 is 1.17 bits per heavy atom. The highest BCUT2D eigenvalue weighted by Crippen LogP contribution is 2.41. The molecule has 1 aliphatic carbocycles. The second-order valence-corrected chi connectivity index (χ2v) is 10.6. The standard InChI is InChI=1S/C28H42N4O3/c1-19(2)8-7-9-24(17-29-15-14-27(34)30(5)6)23-12-13-25-26(16-23)31(28(35)22-10-11-22)18-20(3)32(25)21(4)33/h7-8,12-13,16,19-20,22,24,29H,9-11,14-15,17-18H2,1-6H3/b8-7-/t20-,24?/m0/s1. The molecule has 1 saturated carbocycles. The fraction of sp³-hybridized carbons (Fsp3) is 0.607. The summed E-state index contributed by atoms with van der Waals surface area (Å²) in [5.41, 5.74) is 2.79. The van der Waals surface area contributed by atoms with E-state index in [0.717, 1.165) is 42.7 Å². The van der Waals surface area contributed by atoms with E-state index in [1.807, 2.05) is 22.8 Å². The van der Waals surface area contributed by atoms with Gasteiger partial charge in [-0.05, 0) is 55.7 Å². The summed E-state index contributed by atoms with van der Waals surface area (Å²) in [5.74, 6) is 1.05. The molecular formula is C28H42N4O3. The third-order valence-corrected chi connectivity index (χ3v) is 6.79. The average molecular weight is 483 g/mol. The molecule has 3 rings (SSSR count). The van der Waals surface area contributed by atoms with Gasteiger partial charge in [0, 0.05) is 53.0 Å². The van der Waals surface area contributed by atoms with Gasteiger partial charge in [0.2, 0.25) is 17.7 Å². The van der Waals surface area contributed by atoms with Crippen LogP contribution in [0.2, 0.25) is 0 Å². The Kier molecular flexibility index (Phi) is 9.11. The first-order valence-electron chi connectivity index (χ1n) is 12.9. The first-order chi connectivity index (χ1) is 16.6. The molecule has 0 saturated heterocycles. The summed E-state index contributed by atoms with van der Waals surface area (Å²) in [6.45, 7) is 9.78. The highest BCUT2D eigenvalue weighted by Gasteiger charge is 2.39. The molecule has 0 spiro atoms. The molecule has 1 unspecified atom stereocenters. The molecule has 1 N–H and O–H groups in total. The summed E-state index contributed by atoms with van der Waals surface area (Å²) in [7, 11) is 3.55. The highest BCUT2D eigenvalue weighted by molar-refractivity contribution is 6.05. The van der Waals surface area contributed by atoms with E-state index < -0.39 is 0 Å². The zero-order valence-electron chi connectivity index (χ0n) is 22.2. The maximum Gasteiger partial charge on any atom is 0.230 e. The van der Waals surface area contributed by atoms with Gasteiger partial charge in [0.15, 0.2) is 0 Å². The first-order valence-corrected chi connectivity index (χ1v) is 12.9. The van der Waals surface area contributed by atoms with E-state index in [-0.39, 0.29) is 35.6 Å². The minimum atomic E-state index is -0.0609. The van der Waals surface area contributed by atoms with E-state index in [1.165, 1.54) is 0 Å². The number of allylic oxidation sites excluding steroid dienone is 2. The third kappa shape index (κ3) is 6.94. The van der Waals surface area contributed by atoms with Gasteiger partial charge in [-0.15, -0.1) is 0 Å². The van der Waals surface area contributed by atoms with Gasteiger partial charge in [-0.3, -0.25) is 14.4 Å². The van der Waals surface area contributed by atoms with Crippen molar-refractivity contribution in [3.63, 3.8) is 0 Å². The molecule has 7 nitrogen and oxygen atoms in total. The van der Waals surface area contributed by atoms with E-state index in [9.17, 15) is 14.4 Å². The predicted molar refractivity (Wildman–Crippen MR) is 142 cm³/mol. The van der Waals surface area contributed by atoms with Crippen molar-refractivity contribution >= 4 is 29.1 Å². The van der Waals surface area contributed by atoms with Crippen LogP contribution < -0.4 is 15.1 Å². The lowest BCUT2D eigenvalue weighted by Crippen LogP contribution is -2.51. The zero-order chi connectivity index (χ0) is 25.7. The molecular weight excluding hydrogens is 440 g/mol. The topological polar surface area (TPSA) is 73.0 Å². The van der Waals surface area contributed by atoms with Crippen LogP contribution in [0.5, 0.6) is 0 Å². The molecule has 0 bridgehead atoms. The minimum absolute atomic E-state index is 0.00587. The molecule has 0 radical (unpaired) electrons. The van der Waals surface area contributed by atoms with Crippen LogP contribution in [-0.2, 0) is 14.4 Å². The maximum atomic E-state index is 13.2. The molecule has 1 aromatic carbocycles. The fourth-order valence-corrected chi connectivity index (χ4v) is 4.68. The van der Waals surface area contributed by atoms with E-state index >= 15 is 0 Å². The quantitative estimate of drug-likeness (QED) is 0.405. The monoisotopic (exact) mass is 482 g/mol. The highest BCUT2D eigenvalue weighted by atomic mass is 16.2. The fourth-order valence-electron chi connectivity index (χ4n) is 4.68. The smallest absolute Gasteiger partial charge is 0.230 e. The summed E-state index contributed by atoms with van der Waals surface area (Å²) in [6, 6.07) is 6.14. The minimum Gasteiger partial charge on any atom is -0.349 e. The SMILES string of the molecule is CC(=O)N1c2ccc(C(C/C=C\C(C)C)CNCCC(=O)N(C)C)cc2N(C(=O)C2CC2)C[C@@H]1C. The number of nitrogens with zero attached hydrogens (tertiary/aromatic N) is 3. The van der Waals surface area contributed by atoms with E-state index in [2.05, 4.69) is 43.4 Å². The summed E-state index contributed by atoms with van der Waals surface area (Å²) in [6.07, 6.45) is 7.65. The lowest BCUT2D eigenvalue weighted by atomic mass is 9.92. The predicted octanol–water partition coefficient (Wildman–Crippen LogP) is 3.94. The lowest BCUT2D eigenvalue weighted by molar-refractivity contribution is -0.128. The number of hydrogen-bond donors (Lipinski definition) is 1. The number of hydrogen-bond acceptors (Lipinski definition) is 4. The number of amides is 3. The van der Waals surface area contributed by atoms with Crippen LogP contribution >= 0.6 is 0 Å². The molecule has 1 fully saturated rings. The number of nitrogens with one attached hydrogen (secondary N) is 1. The largest absolute Gasteiger partial charge is 0.349 e. The van der Waals surface area contributed by atoms with Crippen molar-refractivity contribution in [2.24, 2.45) is 11.8 Å². The number of benzene rings is 1. The van der Waals surface area contributed by atoms with Crippen LogP contribution in [0.25, 0.3) is 0 Å². The number of carbonyl (C=O) groups excluding carboxylic acids is 3. The van der Waals surface area contributed by atoms with Gasteiger partial charge in [0.1, 0.15) is 0 Å². The summed E-state index contributed by atoms with van der Waals surface area (Å²) in [5, 5.41) is 3.46. The van der Waals surface area contributed by atoms with Crippen molar-refractivity contribution in [2.75, 3.05) is 43.5 Å². The Morgan fingerprint density at radius 3 is 2.49 bits per heavy atom. The third-order valence-electron chi connectivity index (χ3n) is 6.79. The van der Waals surface area contributed by atoms with Crippen molar-refractivity contribution < 1.29 is 14.4 Å². The Balaban J connectivity index is 1.87. The van der Waals surface area contributed by atoms with Gasteiger partial charge in [0.05, 0.1) is 17.4 Å². The van der Waals surface area contributed by atoms with Crippen molar-refractivity contribution in [3.8, 4) is 0 Å². The molecule has 2 aliphatic rings. The van der Waals surface area contributed by atoms with Gasteiger partial charge in [-0.2, -0.15) is 0 Å². The molecule has 1 aliphatic heterocycles. The number of rotatable bonds is 10. The summed E-state index contributed by atoms with van der Waals surface area (Å²) >= 11 is 0. The Bertz CT molecular complexity index is 952. The van der Waals surface area contributed by atoms with Crippen LogP contribution in [0.15, 0.2) is 30.4 Å². The second-order valence-electron chi connectivity index (χ2n) is 10.6. The average Bonchev–Trinajstić information content (AvgIpc) is 3.64. The van der Waals surface area contributed by atoms with Gasteiger partial charge in [-0.1, -0.05) is 32.1 Å². The van der Waals surface area contributed by atoms with Gasteiger partial charge >= 0.3 is 0 Å². The lowest BCUT2D eigenvalue weighted by Gasteiger charge is -2.41. The van der Waals surface area contributed by atoms with Crippen LogP contribution in [0.1, 0.15) is 64.9 Å². The van der Waals surface area contributed by atoms with Crippen molar-refractivity contribution in [2.45, 2.75) is 65.3 Å². The van der Waals surface area contributed by atoms with Crippen LogP contribution in [0.4, 0.5) is 11.4 Å². The molecule has 192 valence electrons. The van der Waals surface area contributed by atoms with Crippen molar-refractivity contribution in [1.29, 1.82) is 0 Å². The molecule has 7 heteroatoms. The van der Waals surface area contributed by atoms with E-state index in [4.69, 9.17) is 0 Å². The van der Waals surface area contributed by atoms with E-state index in [1.54, 1.807) is 25.9 Å². The van der Waals surface area contributed by atoms with Gasteiger partial charge in [0.25, 0.3) is 0 Å². The summed E-state index contributed by atoms with van der Waals surface area (Å²) in [4.78, 5) is 42.9. The van der Waals surface area contributed by atoms with Crippen LogP contribution in [-0.4, -0.2) is 62.4 Å². The zero-order valence-corrected chi connectivity index (χ0v) is 22.2. The number of carbonyl (C=O) groups is 3. The molecule has 35 heavy (non-hydrogen) atoms. The molecule has 3 amide bonds. The van der Waals surface area contributed by atoms with Crippen molar-refractivity contribution in [3.05, 3.63) is 35.9 Å². The van der Waals surface area contributed by atoms with Gasteiger partial charge < -0.3 is 20.0 Å². The molecule has 0 aromatic heterocycles. The van der Waals surface area contributed by atoms with E-state index in [0.29, 0.717) is 25.4 Å². The first kappa shape index (κ1) is 26.9. The maximum absolute atomic E-state index is 13.2. The van der Waals surface area contributed by atoms with Crippen LogP contribution in [0, 0.1) is 11.8 Å². The Labute approximate surface area is 210 Å². The molecule has 1 heterocycles. The Hall–Kier alpha value is -2.67.